The second kappa shape index (κ2) is 13.7. The smallest absolute Gasteiger partial charge is 0.340 e. The van der Waals surface area contributed by atoms with Crippen molar-refractivity contribution >= 4 is 18.0 Å². The maximum absolute atomic E-state index is 14.9. The van der Waals surface area contributed by atoms with E-state index < -0.39 is 29.3 Å². The molecule has 1 fully saturated rings. The van der Waals surface area contributed by atoms with Crippen LogP contribution in [0.3, 0.4) is 0 Å². The van der Waals surface area contributed by atoms with Gasteiger partial charge >= 0.3 is 11.9 Å². The molecule has 2 aromatic carbocycles. The Morgan fingerprint density at radius 3 is 2.55 bits per heavy atom. The lowest BCUT2D eigenvalue weighted by molar-refractivity contribution is -0.290. The number of aryl methyl sites for hydroxylation is 1. The molecule has 1 saturated heterocycles. The molecular weight excluding hydrogens is 597 g/mol. The van der Waals surface area contributed by atoms with Gasteiger partial charge in [0.25, 0.3) is 0 Å². The number of ether oxygens (including phenoxy) is 4. The fourth-order valence-corrected chi connectivity index (χ4v) is 6.60. The van der Waals surface area contributed by atoms with E-state index in [2.05, 4.69) is 32.0 Å². The number of pyridine rings is 1. The lowest BCUT2D eigenvalue weighted by atomic mass is 9.86. The number of hydrogen-bond acceptors (Lipinski definition) is 7. The molecule has 47 heavy (non-hydrogen) atoms. The molecule has 5 rings (SSSR count). The topological polar surface area (TPSA) is 84.0 Å². The molecule has 0 amide bonds. The van der Waals surface area contributed by atoms with Crippen molar-refractivity contribution in [2.24, 2.45) is 0 Å². The molecule has 3 aromatic rings. The third-order valence-electron chi connectivity index (χ3n) is 8.39. The quantitative estimate of drug-likeness (QED) is 0.238. The number of benzene rings is 2. The molecule has 0 unspecified atom stereocenters. The van der Waals surface area contributed by atoms with Gasteiger partial charge < -0.3 is 18.9 Å². The Labute approximate surface area is 277 Å². The van der Waals surface area contributed by atoms with E-state index in [1.807, 2.05) is 52.8 Å². The SMILES string of the molecule is COC(=O)c1cc(-c2c(/C=C/[C@@H]3C[C@H](CC(=O)OC(C)(C)C)OC(C)(C)O3)c(C(C)C)nc3c2CCCc2ccccc2-3)ccc1F. The third kappa shape index (κ3) is 7.99. The van der Waals surface area contributed by atoms with Crippen LogP contribution in [0.1, 0.15) is 106 Å². The largest absolute Gasteiger partial charge is 0.465 e. The van der Waals surface area contributed by atoms with Gasteiger partial charge in [-0.15, -0.1) is 0 Å². The van der Waals surface area contributed by atoms with Gasteiger partial charge in [0.05, 0.1) is 42.7 Å². The third-order valence-corrected chi connectivity index (χ3v) is 8.39. The number of methoxy groups -OCH3 is 1. The van der Waals surface area contributed by atoms with E-state index in [1.54, 1.807) is 12.1 Å². The maximum atomic E-state index is 14.9. The molecule has 0 bridgehead atoms. The van der Waals surface area contributed by atoms with E-state index in [9.17, 15) is 14.0 Å². The lowest BCUT2D eigenvalue weighted by Gasteiger charge is -2.40. The van der Waals surface area contributed by atoms with Crippen LogP contribution < -0.4 is 0 Å². The highest BCUT2D eigenvalue weighted by atomic mass is 19.1. The molecule has 7 nitrogen and oxygen atoms in total. The number of hydrogen-bond donors (Lipinski definition) is 0. The van der Waals surface area contributed by atoms with Crippen LogP contribution in [0.4, 0.5) is 4.39 Å². The van der Waals surface area contributed by atoms with Crippen LogP contribution in [0.2, 0.25) is 0 Å². The minimum Gasteiger partial charge on any atom is -0.465 e. The summed E-state index contributed by atoms with van der Waals surface area (Å²) in [5.41, 5.74) is 6.98. The maximum Gasteiger partial charge on any atom is 0.340 e. The average molecular weight is 644 g/mol. The molecule has 0 radical (unpaired) electrons. The number of esters is 2. The zero-order valence-electron chi connectivity index (χ0n) is 28.7. The Balaban J connectivity index is 1.65. The number of halogens is 1. The van der Waals surface area contributed by atoms with E-state index in [0.29, 0.717) is 12.0 Å². The Morgan fingerprint density at radius 1 is 1.11 bits per heavy atom. The summed E-state index contributed by atoms with van der Waals surface area (Å²) in [4.78, 5) is 30.6. The highest BCUT2D eigenvalue weighted by Crippen LogP contribution is 2.42. The van der Waals surface area contributed by atoms with Crippen LogP contribution in [-0.4, -0.2) is 47.6 Å². The Hall–Kier alpha value is -3.88. The molecule has 8 heteroatoms. The molecule has 0 spiro atoms. The van der Waals surface area contributed by atoms with Crippen LogP contribution in [0.25, 0.3) is 28.5 Å². The van der Waals surface area contributed by atoms with Crippen molar-refractivity contribution in [2.75, 3.05) is 7.11 Å². The van der Waals surface area contributed by atoms with E-state index in [-0.39, 0.29) is 30.0 Å². The molecule has 1 aliphatic heterocycles. The molecular formula is C39H46FNO6. The Bertz CT molecular complexity index is 1690. The normalized spacial score (nSPS) is 19.2. The van der Waals surface area contributed by atoms with Gasteiger partial charge in [0, 0.05) is 17.5 Å². The monoisotopic (exact) mass is 643 g/mol. The number of carbonyl (C=O) groups excluding carboxylic acids is 2. The molecule has 2 aliphatic rings. The van der Waals surface area contributed by atoms with Crippen molar-refractivity contribution < 1.29 is 32.9 Å². The van der Waals surface area contributed by atoms with Crippen LogP contribution in [0.15, 0.2) is 48.5 Å². The lowest BCUT2D eigenvalue weighted by Crippen LogP contribution is -2.45. The molecule has 1 aliphatic carbocycles. The summed E-state index contributed by atoms with van der Waals surface area (Å²) in [6.07, 6.45) is 6.43. The average Bonchev–Trinajstić information content (AvgIpc) is 3.16. The molecule has 2 atom stereocenters. The zero-order chi connectivity index (χ0) is 34.1. The van der Waals surface area contributed by atoms with Gasteiger partial charge in [-0.25, -0.2) is 9.18 Å². The minimum absolute atomic E-state index is 0.0432. The molecule has 1 aromatic heterocycles. The first-order valence-electron chi connectivity index (χ1n) is 16.4. The van der Waals surface area contributed by atoms with Crippen LogP contribution in [0, 0.1) is 5.82 Å². The summed E-state index contributed by atoms with van der Waals surface area (Å²) in [6.45, 7) is 13.4. The summed E-state index contributed by atoms with van der Waals surface area (Å²) >= 11 is 0. The Kier molecular flexibility index (Phi) is 10.0. The van der Waals surface area contributed by atoms with Crippen molar-refractivity contribution in [3.63, 3.8) is 0 Å². The molecule has 0 N–H and O–H groups in total. The number of nitrogens with zero attached hydrogens (tertiary/aromatic N) is 1. The van der Waals surface area contributed by atoms with Crippen molar-refractivity contribution in [2.45, 2.75) is 110 Å². The fourth-order valence-electron chi connectivity index (χ4n) is 6.60. The van der Waals surface area contributed by atoms with Gasteiger partial charge in [-0.2, -0.15) is 0 Å². The van der Waals surface area contributed by atoms with Crippen molar-refractivity contribution in [3.05, 3.63) is 82.3 Å². The van der Waals surface area contributed by atoms with Gasteiger partial charge in [-0.3, -0.25) is 9.78 Å². The second-order valence-electron chi connectivity index (χ2n) is 14.1. The number of carbonyl (C=O) groups is 2. The number of aromatic nitrogens is 1. The number of fused-ring (bicyclic) bond motifs is 3. The fraction of sp³-hybridized carbons (Fsp3) is 0.462. The summed E-state index contributed by atoms with van der Waals surface area (Å²) in [6, 6.07) is 13.0. The van der Waals surface area contributed by atoms with Crippen molar-refractivity contribution in [3.8, 4) is 22.4 Å². The molecule has 0 saturated carbocycles. The van der Waals surface area contributed by atoms with E-state index in [0.717, 1.165) is 52.9 Å². The van der Waals surface area contributed by atoms with Crippen LogP contribution >= 0.6 is 0 Å². The van der Waals surface area contributed by atoms with Crippen molar-refractivity contribution in [1.82, 2.24) is 4.98 Å². The first-order chi connectivity index (χ1) is 22.2. The number of rotatable bonds is 7. The second-order valence-corrected chi connectivity index (χ2v) is 14.1. The predicted octanol–water partition coefficient (Wildman–Crippen LogP) is 8.61. The first-order valence-corrected chi connectivity index (χ1v) is 16.4. The molecule has 250 valence electrons. The van der Waals surface area contributed by atoms with Gasteiger partial charge in [0.15, 0.2) is 5.79 Å². The minimum atomic E-state index is -0.925. The predicted molar refractivity (Wildman–Crippen MR) is 180 cm³/mol. The van der Waals surface area contributed by atoms with Gasteiger partial charge in [-0.05, 0) is 94.2 Å². The van der Waals surface area contributed by atoms with E-state index in [4.69, 9.17) is 23.9 Å². The van der Waals surface area contributed by atoms with Crippen LogP contribution in [0.5, 0.6) is 0 Å². The summed E-state index contributed by atoms with van der Waals surface area (Å²) < 4.78 is 37.9. The summed E-state index contributed by atoms with van der Waals surface area (Å²) in [7, 11) is 1.25. The van der Waals surface area contributed by atoms with Crippen LogP contribution in [-0.2, 0) is 36.6 Å². The highest BCUT2D eigenvalue weighted by Gasteiger charge is 2.36. The summed E-state index contributed by atoms with van der Waals surface area (Å²) in [5, 5.41) is 0. The van der Waals surface area contributed by atoms with Crippen molar-refractivity contribution in [1.29, 1.82) is 0 Å². The van der Waals surface area contributed by atoms with Gasteiger partial charge in [-0.1, -0.05) is 56.3 Å². The van der Waals surface area contributed by atoms with E-state index in [1.165, 1.54) is 18.7 Å². The first kappa shape index (κ1) is 34.5. The van der Waals surface area contributed by atoms with Gasteiger partial charge in [0.1, 0.15) is 11.4 Å². The van der Waals surface area contributed by atoms with Gasteiger partial charge in [0.2, 0.25) is 0 Å². The van der Waals surface area contributed by atoms with E-state index >= 15 is 0 Å². The standard InChI is InChI=1S/C39H46FNO6/c1-23(2)35-30(18-17-26-21-27(46-39(6,7)45-26)22-33(42)47-38(3,4)5)34(25-16-19-32(40)31(20-25)37(43)44-8)29-15-11-13-24-12-9-10-14-28(24)36(29)41-35/h9-10,12,14,16-20,23,26-27H,11,13,15,21-22H2,1-8H3/b18-17+/t26-,27-/m1/s1. The Morgan fingerprint density at radius 2 is 1.85 bits per heavy atom. The molecule has 2 heterocycles. The highest BCUT2D eigenvalue weighted by molar-refractivity contribution is 5.93. The zero-order valence-corrected chi connectivity index (χ0v) is 28.7. The summed E-state index contributed by atoms with van der Waals surface area (Å²) in [5.74, 6) is -2.57.